The van der Waals surface area contributed by atoms with E-state index in [0.29, 0.717) is 43.1 Å². The number of amides is 1. The second-order valence-corrected chi connectivity index (χ2v) is 7.15. The number of rotatable bonds is 6. The number of carbonyl (C=O) groups excluding carboxylic acids is 1. The summed E-state index contributed by atoms with van der Waals surface area (Å²) in [5.74, 6) is 0.803. The molecule has 27 heavy (non-hydrogen) atoms. The molecule has 140 valence electrons. The molecule has 0 bridgehead atoms. The van der Waals surface area contributed by atoms with Crippen LogP contribution in [0.2, 0.25) is 10.0 Å². The minimum Gasteiger partial charge on any atom is -0.495 e. The summed E-state index contributed by atoms with van der Waals surface area (Å²) in [5, 5.41) is 5.47. The molecule has 0 saturated heterocycles. The first-order chi connectivity index (χ1) is 13.1. The molecule has 3 rings (SSSR count). The molecular weight excluding hydrogens is 407 g/mol. The Kier molecular flexibility index (Phi) is 6.21. The van der Waals surface area contributed by atoms with Crippen LogP contribution in [0.1, 0.15) is 22.2 Å². The van der Waals surface area contributed by atoms with Crippen molar-refractivity contribution in [1.29, 1.82) is 0 Å². The van der Waals surface area contributed by atoms with Crippen LogP contribution in [-0.4, -0.2) is 25.8 Å². The summed E-state index contributed by atoms with van der Waals surface area (Å²) in [5.41, 5.74) is 3.25. The van der Waals surface area contributed by atoms with Crippen molar-refractivity contribution in [2.45, 2.75) is 6.92 Å². The second-order valence-electron chi connectivity index (χ2n) is 5.37. The number of benzene rings is 2. The van der Waals surface area contributed by atoms with Gasteiger partial charge in [0.1, 0.15) is 21.4 Å². The number of para-hydroxylation sites is 1. The van der Waals surface area contributed by atoms with E-state index in [0.717, 1.165) is 5.56 Å². The summed E-state index contributed by atoms with van der Waals surface area (Å²) in [6.07, 6.45) is 1.53. The van der Waals surface area contributed by atoms with Gasteiger partial charge in [-0.2, -0.15) is 5.10 Å². The van der Waals surface area contributed by atoms with Crippen molar-refractivity contribution in [3.63, 3.8) is 0 Å². The van der Waals surface area contributed by atoms with Gasteiger partial charge in [0.2, 0.25) is 0 Å². The van der Waals surface area contributed by atoms with Crippen LogP contribution in [0.15, 0.2) is 41.5 Å². The highest BCUT2D eigenvalue weighted by molar-refractivity contribution is 7.22. The van der Waals surface area contributed by atoms with E-state index < -0.39 is 5.91 Å². The number of thiophene rings is 1. The zero-order chi connectivity index (χ0) is 19.4. The number of hydrazone groups is 1. The van der Waals surface area contributed by atoms with E-state index >= 15 is 0 Å². The van der Waals surface area contributed by atoms with Crippen LogP contribution in [0.25, 0.3) is 10.1 Å². The first-order valence-corrected chi connectivity index (χ1v) is 9.63. The number of halogens is 2. The Morgan fingerprint density at radius 3 is 2.70 bits per heavy atom. The predicted molar refractivity (Wildman–Crippen MR) is 111 cm³/mol. The molecule has 1 N–H and O–H groups in total. The topological polar surface area (TPSA) is 59.9 Å². The number of nitrogens with one attached hydrogen (secondary N) is 1. The van der Waals surface area contributed by atoms with Crippen molar-refractivity contribution in [3.05, 3.63) is 56.9 Å². The molecule has 3 aromatic rings. The molecule has 0 spiro atoms. The molecule has 5 nitrogen and oxygen atoms in total. The highest BCUT2D eigenvalue weighted by Gasteiger charge is 2.20. The highest BCUT2D eigenvalue weighted by atomic mass is 35.5. The van der Waals surface area contributed by atoms with Gasteiger partial charge in [-0.25, -0.2) is 5.43 Å². The summed E-state index contributed by atoms with van der Waals surface area (Å²) in [7, 11) is 1.53. The van der Waals surface area contributed by atoms with Crippen molar-refractivity contribution in [2.24, 2.45) is 5.10 Å². The normalized spacial score (nSPS) is 11.1. The SMILES string of the molecule is CCOc1ccccc1/C=N/NC(=O)c1sc2c(Cl)c(OC)ccc2c1Cl. The minimum absolute atomic E-state index is 0.331. The molecule has 1 aromatic heterocycles. The van der Waals surface area contributed by atoms with Crippen LogP contribution in [-0.2, 0) is 0 Å². The van der Waals surface area contributed by atoms with Crippen molar-refractivity contribution in [3.8, 4) is 11.5 Å². The predicted octanol–water partition coefficient (Wildman–Crippen LogP) is 5.38. The second kappa shape index (κ2) is 8.61. The van der Waals surface area contributed by atoms with Crippen LogP contribution in [0.4, 0.5) is 0 Å². The van der Waals surface area contributed by atoms with Gasteiger partial charge in [0.15, 0.2) is 0 Å². The third kappa shape index (κ3) is 4.03. The molecule has 1 amide bonds. The summed E-state index contributed by atoms with van der Waals surface area (Å²) in [6.45, 7) is 2.44. The molecule has 0 aliphatic heterocycles. The molecule has 8 heteroatoms. The van der Waals surface area contributed by atoms with Gasteiger partial charge in [-0.1, -0.05) is 35.3 Å². The van der Waals surface area contributed by atoms with Gasteiger partial charge >= 0.3 is 0 Å². The van der Waals surface area contributed by atoms with Crippen LogP contribution in [0.3, 0.4) is 0 Å². The lowest BCUT2D eigenvalue weighted by Gasteiger charge is -2.05. The number of hydrogen-bond acceptors (Lipinski definition) is 5. The van der Waals surface area contributed by atoms with Crippen molar-refractivity contribution >= 4 is 56.7 Å². The Balaban J connectivity index is 1.83. The molecule has 0 aliphatic rings. The largest absolute Gasteiger partial charge is 0.495 e. The van der Waals surface area contributed by atoms with Gasteiger partial charge in [0.25, 0.3) is 5.91 Å². The van der Waals surface area contributed by atoms with Crippen LogP contribution < -0.4 is 14.9 Å². The molecule has 0 unspecified atom stereocenters. The lowest BCUT2D eigenvalue weighted by Crippen LogP contribution is -2.16. The van der Waals surface area contributed by atoms with Gasteiger partial charge in [0.05, 0.1) is 29.7 Å². The zero-order valence-electron chi connectivity index (χ0n) is 14.6. The summed E-state index contributed by atoms with van der Waals surface area (Å²) >= 11 is 13.9. The Bertz CT molecular complexity index is 1020. The average Bonchev–Trinajstić information content (AvgIpc) is 3.01. The Morgan fingerprint density at radius 2 is 1.96 bits per heavy atom. The monoisotopic (exact) mass is 422 g/mol. The van der Waals surface area contributed by atoms with Gasteiger partial charge in [-0.15, -0.1) is 11.3 Å². The Labute approximate surface area is 170 Å². The molecule has 2 aromatic carbocycles. The highest BCUT2D eigenvalue weighted by Crippen LogP contribution is 2.42. The van der Waals surface area contributed by atoms with E-state index in [-0.39, 0.29) is 0 Å². The number of carbonyl (C=O) groups is 1. The molecule has 0 radical (unpaired) electrons. The zero-order valence-corrected chi connectivity index (χ0v) is 16.9. The molecule has 0 atom stereocenters. The van der Waals surface area contributed by atoms with E-state index in [9.17, 15) is 4.79 Å². The van der Waals surface area contributed by atoms with E-state index in [1.807, 2.05) is 31.2 Å². The third-order valence-corrected chi connectivity index (χ3v) is 5.93. The van der Waals surface area contributed by atoms with Gasteiger partial charge < -0.3 is 9.47 Å². The van der Waals surface area contributed by atoms with E-state index in [1.54, 1.807) is 12.1 Å². The fourth-order valence-corrected chi connectivity index (χ4v) is 4.25. The fourth-order valence-electron chi connectivity index (χ4n) is 2.47. The quantitative estimate of drug-likeness (QED) is 0.428. The summed E-state index contributed by atoms with van der Waals surface area (Å²) in [4.78, 5) is 12.8. The van der Waals surface area contributed by atoms with Crippen molar-refractivity contribution in [1.82, 2.24) is 5.43 Å². The lowest BCUT2D eigenvalue weighted by molar-refractivity contribution is 0.0959. The molecule has 1 heterocycles. The first kappa shape index (κ1) is 19.5. The maximum Gasteiger partial charge on any atom is 0.283 e. The van der Waals surface area contributed by atoms with E-state index in [1.165, 1.54) is 24.7 Å². The van der Waals surface area contributed by atoms with Crippen LogP contribution in [0, 0.1) is 0 Å². The smallest absolute Gasteiger partial charge is 0.283 e. The minimum atomic E-state index is -0.415. The lowest BCUT2D eigenvalue weighted by atomic mass is 10.2. The fraction of sp³-hybridized carbons (Fsp3) is 0.158. The van der Waals surface area contributed by atoms with E-state index in [4.69, 9.17) is 32.7 Å². The van der Waals surface area contributed by atoms with Gasteiger partial charge in [-0.05, 0) is 31.2 Å². The number of fused-ring (bicyclic) bond motifs is 1. The first-order valence-electron chi connectivity index (χ1n) is 8.06. The maximum absolute atomic E-state index is 12.5. The summed E-state index contributed by atoms with van der Waals surface area (Å²) < 4.78 is 11.4. The molecular formula is C19H16Cl2N2O3S. The third-order valence-electron chi connectivity index (χ3n) is 3.72. The molecule has 0 saturated carbocycles. The van der Waals surface area contributed by atoms with Crippen molar-refractivity contribution in [2.75, 3.05) is 13.7 Å². The van der Waals surface area contributed by atoms with Gasteiger partial charge in [-0.3, -0.25) is 4.79 Å². The Hall–Kier alpha value is -2.28. The number of nitrogens with zero attached hydrogens (tertiary/aromatic N) is 1. The standard InChI is InChI=1S/C19H16Cl2N2O3S/c1-3-26-13-7-5-4-6-11(13)10-22-23-19(24)18-15(20)12-8-9-14(25-2)16(21)17(12)27-18/h4-10H,3H2,1-2H3,(H,23,24)/b22-10+. The molecule has 0 fully saturated rings. The Morgan fingerprint density at radius 1 is 1.19 bits per heavy atom. The average molecular weight is 423 g/mol. The van der Waals surface area contributed by atoms with E-state index in [2.05, 4.69) is 10.5 Å². The van der Waals surface area contributed by atoms with Crippen LogP contribution in [0.5, 0.6) is 11.5 Å². The molecule has 0 aliphatic carbocycles. The van der Waals surface area contributed by atoms with Crippen LogP contribution >= 0.6 is 34.5 Å². The number of ether oxygens (including phenoxy) is 2. The number of methoxy groups -OCH3 is 1. The maximum atomic E-state index is 12.5. The summed E-state index contributed by atoms with van der Waals surface area (Å²) in [6, 6.07) is 10.9. The van der Waals surface area contributed by atoms with Crippen molar-refractivity contribution < 1.29 is 14.3 Å². The number of hydrogen-bond donors (Lipinski definition) is 1. The van der Waals surface area contributed by atoms with Gasteiger partial charge in [0, 0.05) is 10.9 Å².